The topological polar surface area (TPSA) is 28.2 Å². The van der Waals surface area contributed by atoms with E-state index in [2.05, 4.69) is 33.4 Å². The molecular weight excluding hydrogens is 351 g/mol. The van der Waals surface area contributed by atoms with E-state index in [1.807, 2.05) is 18.3 Å². The fraction of sp³-hybridized carbons (Fsp3) is 0.286. The van der Waals surface area contributed by atoms with E-state index in [0.29, 0.717) is 0 Å². The molecule has 1 N–H and O–H groups in total. The van der Waals surface area contributed by atoms with Crippen LogP contribution in [-0.2, 0) is 6.18 Å². The monoisotopic (exact) mass is 371 g/mol. The van der Waals surface area contributed by atoms with Crippen molar-refractivity contribution in [3.05, 3.63) is 66.4 Å². The molecule has 3 aromatic rings. The molecule has 0 bridgehead atoms. The normalized spacial score (nSPS) is 15.9. The summed E-state index contributed by atoms with van der Waals surface area (Å²) in [4.78, 5) is 6.86. The SMILES string of the molecule is FC(F)(F)c1ccc(NC2CCN(c3cccc4cccnc34)CC2)cc1. The van der Waals surface area contributed by atoms with Crippen LogP contribution in [0.5, 0.6) is 0 Å². The van der Waals surface area contributed by atoms with Gasteiger partial charge in [-0.1, -0.05) is 18.2 Å². The van der Waals surface area contributed by atoms with E-state index >= 15 is 0 Å². The van der Waals surface area contributed by atoms with E-state index in [-0.39, 0.29) is 6.04 Å². The number of aromatic nitrogens is 1. The Balaban J connectivity index is 1.40. The van der Waals surface area contributed by atoms with Crippen LogP contribution < -0.4 is 10.2 Å². The van der Waals surface area contributed by atoms with Crippen molar-refractivity contribution >= 4 is 22.3 Å². The van der Waals surface area contributed by atoms with Crippen molar-refractivity contribution in [3.8, 4) is 0 Å². The summed E-state index contributed by atoms with van der Waals surface area (Å²) in [5, 5.41) is 4.48. The lowest BCUT2D eigenvalue weighted by molar-refractivity contribution is -0.137. The van der Waals surface area contributed by atoms with Gasteiger partial charge in [0.1, 0.15) is 0 Å². The van der Waals surface area contributed by atoms with Gasteiger partial charge in [-0.05, 0) is 49.2 Å². The molecular formula is C21H20F3N3. The molecule has 0 unspecified atom stereocenters. The minimum Gasteiger partial charge on any atom is -0.382 e. The molecule has 0 aliphatic carbocycles. The molecule has 27 heavy (non-hydrogen) atoms. The fourth-order valence-electron chi connectivity index (χ4n) is 3.60. The second kappa shape index (κ2) is 7.10. The number of piperidine rings is 1. The van der Waals surface area contributed by atoms with E-state index in [9.17, 15) is 13.2 Å². The first-order valence-corrected chi connectivity index (χ1v) is 9.03. The number of pyridine rings is 1. The number of anilines is 2. The Hall–Kier alpha value is -2.76. The van der Waals surface area contributed by atoms with Gasteiger partial charge in [0, 0.05) is 36.4 Å². The Kier molecular flexibility index (Phi) is 4.64. The maximum absolute atomic E-state index is 12.7. The fourth-order valence-corrected chi connectivity index (χ4v) is 3.60. The highest BCUT2D eigenvalue weighted by atomic mass is 19.4. The molecule has 4 rings (SSSR count). The largest absolute Gasteiger partial charge is 0.416 e. The van der Waals surface area contributed by atoms with E-state index < -0.39 is 11.7 Å². The molecule has 3 nitrogen and oxygen atoms in total. The van der Waals surface area contributed by atoms with Gasteiger partial charge in [-0.15, -0.1) is 0 Å². The molecule has 0 saturated carbocycles. The second-order valence-electron chi connectivity index (χ2n) is 6.83. The molecule has 0 spiro atoms. The van der Waals surface area contributed by atoms with Crippen molar-refractivity contribution in [3.63, 3.8) is 0 Å². The van der Waals surface area contributed by atoms with Crippen LogP contribution in [0.2, 0.25) is 0 Å². The van der Waals surface area contributed by atoms with Gasteiger partial charge >= 0.3 is 6.18 Å². The average molecular weight is 371 g/mol. The van der Waals surface area contributed by atoms with Gasteiger partial charge in [0.15, 0.2) is 0 Å². The summed E-state index contributed by atoms with van der Waals surface area (Å²) in [5.74, 6) is 0. The highest BCUT2D eigenvalue weighted by Gasteiger charge is 2.30. The summed E-state index contributed by atoms with van der Waals surface area (Å²) in [5.41, 5.74) is 2.26. The van der Waals surface area contributed by atoms with Crippen LogP contribution in [0, 0.1) is 0 Å². The summed E-state index contributed by atoms with van der Waals surface area (Å²) < 4.78 is 38.0. The first kappa shape index (κ1) is 17.6. The molecule has 140 valence electrons. The number of alkyl halides is 3. The number of nitrogens with zero attached hydrogens (tertiary/aromatic N) is 2. The first-order valence-electron chi connectivity index (χ1n) is 9.03. The molecule has 1 aliphatic rings. The van der Waals surface area contributed by atoms with Crippen molar-refractivity contribution in [2.45, 2.75) is 25.1 Å². The van der Waals surface area contributed by atoms with E-state index in [1.165, 1.54) is 12.1 Å². The van der Waals surface area contributed by atoms with Gasteiger partial charge in [-0.25, -0.2) is 0 Å². The number of hydrogen-bond acceptors (Lipinski definition) is 3. The van der Waals surface area contributed by atoms with Crippen LogP contribution in [0.25, 0.3) is 10.9 Å². The molecule has 0 atom stereocenters. The zero-order valence-electron chi connectivity index (χ0n) is 14.7. The molecule has 2 heterocycles. The van der Waals surface area contributed by atoms with Gasteiger partial charge in [-0.2, -0.15) is 13.2 Å². The van der Waals surface area contributed by atoms with E-state index in [0.717, 1.165) is 60.3 Å². The Labute approximate surface area is 155 Å². The van der Waals surface area contributed by atoms with Gasteiger partial charge in [0.2, 0.25) is 0 Å². The van der Waals surface area contributed by atoms with Crippen LogP contribution in [0.4, 0.5) is 24.5 Å². The predicted molar refractivity (Wildman–Crippen MR) is 102 cm³/mol. The maximum atomic E-state index is 12.7. The van der Waals surface area contributed by atoms with Crippen LogP contribution in [0.3, 0.4) is 0 Å². The summed E-state index contributed by atoms with van der Waals surface area (Å²) >= 11 is 0. The number of nitrogens with one attached hydrogen (secondary N) is 1. The van der Waals surface area contributed by atoms with Crippen LogP contribution in [-0.4, -0.2) is 24.1 Å². The van der Waals surface area contributed by atoms with Crippen LogP contribution in [0.1, 0.15) is 18.4 Å². The second-order valence-corrected chi connectivity index (χ2v) is 6.83. The lowest BCUT2D eigenvalue weighted by Gasteiger charge is -2.34. The zero-order valence-corrected chi connectivity index (χ0v) is 14.7. The van der Waals surface area contributed by atoms with Crippen molar-refractivity contribution < 1.29 is 13.2 Å². The molecule has 2 aromatic carbocycles. The van der Waals surface area contributed by atoms with Gasteiger partial charge in [-0.3, -0.25) is 4.98 Å². The number of fused-ring (bicyclic) bond motifs is 1. The molecule has 0 radical (unpaired) electrons. The van der Waals surface area contributed by atoms with Crippen molar-refractivity contribution in [1.82, 2.24) is 4.98 Å². The van der Waals surface area contributed by atoms with Crippen molar-refractivity contribution in [2.75, 3.05) is 23.3 Å². The van der Waals surface area contributed by atoms with Gasteiger partial charge < -0.3 is 10.2 Å². The Morgan fingerprint density at radius 2 is 1.63 bits per heavy atom. The lowest BCUT2D eigenvalue weighted by Crippen LogP contribution is -2.39. The molecule has 0 amide bonds. The zero-order chi connectivity index (χ0) is 18.9. The third-order valence-electron chi connectivity index (χ3n) is 5.03. The van der Waals surface area contributed by atoms with Crippen molar-refractivity contribution in [1.29, 1.82) is 0 Å². The smallest absolute Gasteiger partial charge is 0.382 e. The summed E-state index contributed by atoms with van der Waals surface area (Å²) in [6.45, 7) is 1.77. The maximum Gasteiger partial charge on any atom is 0.416 e. The molecule has 1 aliphatic heterocycles. The quantitative estimate of drug-likeness (QED) is 0.674. The van der Waals surface area contributed by atoms with Gasteiger partial charge in [0.25, 0.3) is 0 Å². The summed E-state index contributed by atoms with van der Waals surface area (Å²) in [6, 6.07) is 15.7. The number of para-hydroxylation sites is 1. The Morgan fingerprint density at radius 1 is 0.926 bits per heavy atom. The summed E-state index contributed by atoms with van der Waals surface area (Å²) in [6.07, 6.45) is -0.643. The minimum absolute atomic E-state index is 0.251. The number of benzene rings is 2. The predicted octanol–water partition coefficient (Wildman–Crippen LogP) is 5.33. The standard InChI is InChI=1S/C21H20F3N3/c22-21(23,24)16-6-8-17(9-7-16)26-18-10-13-27(14-11-18)19-5-1-3-15-4-2-12-25-20(15)19/h1-9,12,18,26H,10-11,13-14H2. The number of rotatable bonds is 3. The number of halogens is 3. The third kappa shape index (κ3) is 3.84. The lowest BCUT2D eigenvalue weighted by atomic mass is 10.0. The highest BCUT2D eigenvalue weighted by Crippen LogP contribution is 2.31. The van der Waals surface area contributed by atoms with Crippen LogP contribution >= 0.6 is 0 Å². The molecule has 1 fully saturated rings. The third-order valence-corrected chi connectivity index (χ3v) is 5.03. The molecule has 1 aromatic heterocycles. The molecule has 6 heteroatoms. The van der Waals surface area contributed by atoms with Crippen LogP contribution in [0.15, 0.2) is 60.8 Å². The highest BCUT2D eigenvalue weighted by molar-refractivity contribution is 5.90. The number of hydrogen-bond donors (Lipinski definition) is 1. The Morgan fingerprint density at radius 3 is 2.33 bits per heavy atom. The van der Waals surface area contributed by atoms with E-state index in [4.69, 9.17) is 0 Å². The van der Waals surface area contributed by atoms with E-state index in [1.54, 1.807) is 0 Å². The molecule has 1 saturated heterocycles. The van der Waals surface area contributed by atoms with Crippen molar-refractivity contribution in [2.24, 2.45) is 0 Å². The first-order chi connectivity index (χ1) is 13.0. The summed E-state index contributed by atoms with van der Waals surface area (Å²) in [7, 11) is 0. The minimum atomic E-state index is -4.30. The average Bonchev–Trinajstić information content (AvgIpc) is 2.68. The Bertz CT molecular complexity index is 909. The van der Waals surface area contributed by atoms with Gasteiger partial charge in [0.05, 0.1) is 16.8 Å².